The fraction of sp³-hybridized carbons (Fsp3) is 0.500. The van der Waals surface area contributed by atoms with Crippen molar-refractivity contribution >= 4 is 18.4 Å². The van der Waals surface area contributed by atoms with Crippen LogP contribution in [0, 0.1) is 0 Å². The molecule has 1 saturated heterocycles. The molecule has 120 valence electrons. The van der Waals surface area contributed by atoms with Gasteiger partial charge in [0.2, 0.25) is 5.89 Å². The SMILES string of the molecule is Cl.N[C@H](Cc1ccccc1)c1nnc(N2CCCCCC2)o1. The van der Waals surface area contributed by atoms with Gasteiger partial charge in [-0.1, -0.05) is 48.3 Å². The number of anilines is 1. The summed E-state index contributed by atoms with van der Waals surface area (Å²) in [6.45, 7) is 1.99. The number of nitrogens with zero attached hydrogens (tertiary/aromatic N) is 3. The van der Waals surface area contributed by atoms with Gasteiger partial charge in [0.15, 0.2) is 0 Å². The number of aromatic nitrogens is 2. The van der Waals surface area contributed by atoms with Crippen LogP contribution in [0.1, 0.15) is 43.2 Å². The molecule has 0 bridgehead atoms. The van der Waals surface area contributed by atoms with Gasteiger partial charge in [-0.2, -0.15) is 0 Å². The first kappa shape index (κ1) is 16.8. The van der Waals surface area contributed by atoms with E-state index in [0.29, 0.717) is 18.3 Å². The van der Waals surface area contributed by atoms with Crippen LogP contribution < -0.4 is 10.6 Å². The van der Waals surface area contributed by atoms with Crippen LogP contribution in [-0.2, 0) is 6.42 Å². The Bertz CT molecular complexity index is 552. The molecule has 0 unspecified atom stereocenters. The Kier molecular flexibility index (Phi) is 6.21. The Hall–Kier alpha value is -1.59. The maximum absolute atomic E-state index is 6.19. The summed E-state index contributed by atoms with van der Waals surface area (Å²) in [5, 5.41) is 8.31. The van der Waals surface area contributed by atoms with Gasteiger partial charge in [-0.25, -0.2) is 0 Å². The molecule has 5 nitrogen and oxygen atoms in total. The summed E-state index contributed by atoms with van der Waals surface area (Å²) in [4.78, 5) is 2.18. The Labute approximate surface area is 137 Å². The van der Waals surface area contributed by atoms with E-state index in [4.69, 9.17) is 10.2 Å². The molecule has 2 N–H and O–H groups in total. The van der Waals surface area contributed by atoms with Crippen molar-refractivity contribution in [2.45, 2.75) is 38.1 Å². The van der Waals surface area contributed by atoms with E-state index in [0.717, 1.165) is 13.1 Å². The molecule has 1 fully saturated rings. The number of rotatable bonds is 4. The molecule has 0 radical (unpaired) electrons. The third kappa shape index (κ3) is 4.21. The summed E-state index contributed by atoms with van der Waals surface area (Å²) in [6, 6.07) is 10.5. The largest absolute Gasteiger partial charge is 0.406 e. The van der Waals surface area contributed by atoms with Crippen molar-refractivity contribution in [2.24, 2.45) is 5.73 Å². The van der Waals surface area contributed by atoms with Crippen LogP contribution in [0.15, 0.2) is 34.7 Å². The fourth-order valence-corrected chi connectivity index (χ4v) is 2.72. The van der Waals surface area contributed by atoms with Crippen molar-refractivity contribution in [1.82, 2.24) is 10.2 Å². The van der Waals surface area contributed by atoms with Gasteiger partial charge in [-0.15, -0.1) is 17.5 Å². The molecule has 0 amide bonds. The molecular weight excluding hydrogens is 300 g/mol. The van der Waals surface area contributed by atoms with E-state index in [2.05, 4.69) is 27.2 Å². The Morgan fingerprint density at radius 3 is 2.41 bits per heavy atom. The zero-order valence-electron chi connectivity index (χ0n) is 12.6. The highest BCUT2D eigenvalue weighted by molar-refractivity contribution is 5.85. The molecule has 1 aromatic heterocycles. The minimum absolute atomic E-state index is 0. The molecule has 0 spiro atoms. The van der Waals surface area contributed by atoms with Crippen LogP contribution >= 0.6 is 12.4 Å². The van der Waals surface area contributed by atoms with Gasteiger partial charge in [-0.3, -0.25) is 0 Å². The van der Waals surface area contributed by atoms with Crippen molar-refractivity contribution in [3.8, 4) is 0 Å². The lowest BCUT2D eigenvalue weighted by molar-refractivity contribution is 0.443. The molecule has 0 aliphatic carbocycles. The number of nitrogens with two attached hydrogens (primary N) is 1. The second kappa shape index (κ2) is 8.15. The normalized spacial score (nSPS) is 16.7. The lowest BCUT2D eigenvalue weighted by Gasteiger charge is -2.16. The van der Waals surface area contributed by atoms with E-state index in [-0.39, 0.29) is 18.4 Å². The van der Waals surface area contributed by atoms with Crippen molar-refractivity contribution in [3.63, 3.8) is 0 Å². The van der Waals surface area contributed by atoms with Gasteiger partial charge in [-0.05, 0) is 24.8 Å². The van der Waals surface area contributed by atoms with Crippen LogP contribution in [0.2, 0.25) is 0 Å². The molecule has 1 aromatic carbocycles. The smallest absolute Gasteiger partial charge is 0.318 e. The van der Waals surface area contributed by atoms with Crippen molar-refractivity contribution in [2.75, 3.05) is 18.0 Å². The van der Waals surface area contributed by atoms with Crippen LogP contribution in [0.5, 0.6) is 0 Å². The first-order valence-electron chi connectivity index (χ1n) is 7.71. The summed E-state index contributed by atoms with van der Waals surface area (Å²) in [5.41, 5.74) is 7.37. The highest BCUT2D eigenvalue weighted by atomic mass is 35.5. The van der Waals surface area contributed by atoms with E-state index in [1.54, 1.807) is 0 Å². The Morgan fingerprint density at radius 2 is 1.73 bits per heavy atom. The van der Waals surface area contributed by atoms with Gasteiger partial charge in [0.1, 0.15) is 0 Å². The molecule has 2 aromatic rings. The van der Waals surface area contributed by atoms with E-state index in [1.807, 2.05) is 18.2 Å². The standard InChI is InChI=1S/C16H22N4O.ClH/c17-14(12-13-8-4-3-5-9-13)15-18-19-16(21-15)20-10-6-1-2-7-11-20;/h3-5,8-9,14H,1-2,6-7,10-12,17H2;1H/t14-;/m1./s1. The molecule has 2 heterocycles. The predicted octanol–water partition coefficient (Wildman–Crippen LogP) is 3.11. The van der Waals surface area contributed by atoms with Crippen molar-refractivity contribution in [1.29, 1.82) is 0 Å². The highest BCUT2D eigenvalue weighted by Gasteiger charge is 2.19. The summed E-state index contributed by atoms with van der Waals surface area (Å²) in [6.07, 6.45) is 5.65. The maximum atomic E-state index is 6.19. The first-order chi connectivity index (χ1) is 10.3. The zero-order chi connectivity index (χ0) is 14.5. The molecule has 3 rings (SSSR count). The number of hydrogen-bond donors (Lipinski definition) is 1. The monoisotopic (exact) mass is 322 g/mol. The zero-order valence-corrected chi connectivity index (χ0v) is 13.5. The van der Waals surface area contributed by atoms with E-state index in [1.165, 1.54) is 31.2 Å². The van der Waals surface area contributed by atoms with Crippen LogP contribution in [-0.4, -0.2) is 23.3 Å². The third-order valence-electron chi connectivity index (χ3n) is 3.92. The van der Waals surface area contributed by atoms with Crippen LogP contribution in [0.3, 0.4) is 0 Å². The molecule has 22 heavy (non-hydrogen) atoms. The van der Waals surface area contributed by atoms with Gasteiger partial charge < -0.3 is 15.1 Å². The molecule has 6 heteroatoms. The number of halogens is 1. The average molecular weight is 323 g/mol. The molecule has 1 atom stereocenters. The molecule has 1 aliphatic heterocycles. The number of hydrogen-bond acceptors (Lipinski definition) is 5. The lowest BCUT2D eigenvalue weighted by atomic mass is 10.1. The Morgan fingerprint density at radius 1 is 1.05 bits per heavy atom. The van der Waals surface area contributed by atoms with Crippen LogP contribution in [0.25, 0.3) is 0 Å². The van der Waals surface area contributed by atoms with E-state index >= 15 is 0 Å². The first-order valence-corrected chi connectivity index (χ1v) is 7.71. The quantitative estimate of drug-likeness (QED) is 0.936. The second-order valence-electron chi connectivity index (χ2n) is 5.62. The minimum Gasteiger partial charge on any atom is -0.406 e. The van der Waals surface area contributed by atoms with Crippen molar-refractivity contribution < 1.29 is 4.42 Å². The predicted molar refractivity (Wildman–Crippen MR) is 89.3 cm³/mol. The van der Waals surface area contributed by atoms with Gasteiger partial charge >= 0.3 is 6.01 Å². The Balaban J connectivity index is 0.00000176. The third-order valence-corrected chi connectivity index (χ3v) is 3.92. The van der Waals surface area contributed by atoms with Gasteiger partial charge in [0.25, 0.3) is 0 Å². The maximum Gasteiger partial charge on any atom is 0.318 e. The van der Waals surface area contributed by atoms with Crippen LogP contribution in [0.4, 0.5) is 6.01 Å². The van der Waals surface area contributed by atoms with Gasteiger partial charge in [0.05, 0.1) is 6.04 Å². The minimum atomic E-state index is -0.249. The highest BCUT2D eigenvalue weighted by Crippen LogP contribution is 2.21. The van der Waals surface area contributed by atoms with E-state index < -0.39 is 0 Å². The summed E-state index contributed by atoms with van der Waals surface area (Å²) >= 11 is 0. The molecule has 0 saturated carbocycles. The number of benzene rings is 1. The average Bonchev–Trinajstić information content (AvgIpc) is 2.85. The van der Waals surface area contributed by atoms with E-state index in [9.17, 15) is 0 Å². The summed E-state index contributed by atoms with van der Waals surface area (Å²) in [5.74, 6) is 0.526. The second-order valence-corrected chi connectivity index (χ2v) is 5.62. The summed E-state index contributed by atoms with van der Waals surface area (Å²) < 4.78 is 5.79. The summed E-state index contributed by atoms with van der Waals surface area (Å²) in [7, 11) is 0. The molecular formula is C16H23ClN4O. The van der Waals surface area contributed by atoms with Crippen molar-refractivity contribution in [3.05, 3.63) is 41.8 Å². The lowest BCUT2D eigenvalue weighted by Crippen LogP contribution is -2.24. The topological polar surface area (TPSA) is 68.2 Å². The fourth-order valence-electron chi connectivity index (χ4n) is 2.72. The van der Waals surface area contributed by atoms with Gasteiger partial charge in [0, 0.05) is 13.1 Å². The molecule has 1 aliphatic rings.